The minimum Gasteiger partial charge on any atom is -0.461 e. The Hall–Kier alpha value is -1.77. The molecule has 3 heteroatoms. The lowest BCUT2D eigenvalue weighted by Gasteiger charge is -2.22. The molecule has 18 heavy (non-hydrogen) atoms. The Morgan fingerprint density at radius 3 is 2.28 bits per heavy atom. The van der Waals surface area contributed by atoms with Crippen LogP contribution in [0.3, 0.4) is 0 Å². The van der Waals surface area contributed by atoms with Crippen molar-refractivity contribution in [3.8, 4) is 0 Å². The lowest BCUT2D eigenvalue weighted by Crippen LogP contribution is -2.28. The van der Waals surface area contributed by atoms with Gasteiger partial charge in [0.15, 0.2) is 0 Å². The first-order chi connectivity index (χ1) is 8.72. The molecule has 0 aromatic heterocycles. The van der Waals surface area contributed by atoms with Gasteiger partial charge < -0.3 is 9.64 Å². The summed E-state index contributed by atoms with van der Waals surface area (Å²) in [6, 6.07) is 9.82. The molecule has 0 N–H and O–H groups in total. The van der Waals surface area contributed by atoms with Crippen LogP contribution < -0.4 is 0 Å². The molecule has 0 spiro atoms. The molecule has 0 bridgehead atoms. The van der Waals surface area contributed by atoms with E-state index in [1.807, 2.05) is 62.1 Å². The van der Waals surface area contributed by atoms with Crippen LogP contribution in [0.5, 0.6) is 0 Å². The molecule has 0 aliphatic heterocycles. The Labute approximate surface area is 109 Å². The monoisotopic (exact) mass is 247 g/mol. The lowest BCUT2D eigenvalue weighted by molar-refractivity contribution is -0.140. The van der Waals surface area contributed by atoms with Gasteiger partial charge >= 0.3 is 5.97 Å². The molecule has 1 aromatic rings. The van der Waals surface area contributed by atoms with Crippen molar-refractivity contribution >= 4 is 12.0 Å². The molecule has 0 heterocycles. The summed E-state index contributed by atoms with van der Waals surface area (Å²) in [6.07, 6.45) is 1.88. The van der Waals surface area contributed by atoms with E-state index >= 15 is 0 Å². The minimum atomic E-state index is -0.259. The summed E-state index contributed by atoms with van der Waals surface area (Å²) in [5.74, 6) is -0.259. The number of carbonyl (C=O) groups excluding carboxylic acids is 1. The van der Waals surface area contributed by atoms with E-state index in [4.69, 9.17) is 4.74 Å². The second-order valence-corrected chi connectivity index (χ2v) is 3.83. The van der Waals surface area contributed by atoms with Crippen LogP contribution in [0.25, 0.3) is 6.08 Å². The summed E-state index contributed by atoms with van der Waals surface area (Å²) >= 11 is 0. The van der Waals surface area contributed by atoms with E-state index in [9.17, 15) is 4.79 Å². The third-order valence-electron chi connectivity index (χ3n) is 2.69. The standard InChI is InChI=1S/C15H21NO2/c1-4-16(5-2)14(15(17)18-6-3)12-13-10-8-7-9-11-13/h7-12H,4-6H2,1-3H3/b14-12-. The molecule has 0 atom stereocenters. The zero-order valence-corrected chi connectivity index (χ0v) is 11.3. The SMILES string of the molecule is CCOC(=O)/C(=C/c1ccccc1)N(CC)CC. The molecule has 0 amide bonds. The Morgan fingerprint density at radius 1 is 1.17 bits per heavy atom. The Balaban J connectivity index is 3.03. The summed E-state index contributed by atoms with van der Waals surface area (Å²) < 4.78 is 5.11. The number of hydrogen-bond acceptors (Lipinski definition) is 3. The predicted molar refractivity (Wildman–Crippen MR) is 74.0 cm³/mol. The normalized spacial score (nSPS) is 11.2. The maximum absolute atomic E-state index is 12.0. The van der Waals surface area contributed by atoms with Crippen LogP contribution in [-0.2, 0) is 9.53 Å². The van der Waals surface area contributed by atoms with Crippen molar-refractivity contribution in [2.45, 2.75) is 20.8 Å². The van der Waals surface area contributed by atoms with Gasteiger partial charge in [-0.3, -0.25) is 0 Å². The fraction of sp³-hybridized carbons (Fsp3) is 0.400. The topological polar surface area (TPSA) is 29.5 Å². The summed E-state index contributed by atoms with van der Waals surface area (Å²) in [5, 5.41) is 0. The van der Waals surface area contributed by atoms with Crippen LogP contribution >= 0.6 is 0 Å². The van der Waals surface area contributed by atoms with Crippen LogP contribution in [0, 0.1) is 0 Å². The number of rotatable bonds is 6. The number of benzene rings is 1. The molecular formula is C15H21NO2. The quantitative estimate of drug-likeness (QED) is 0.572. The van der Waals surface area contributed by atoms with Gasteiger partial charge in [0.25, 0.3) is 0 Å². The average molecular weight is 247 g/mol. The number of likely N-dealkylation sites (N-methyl/N-ethyl adjacent to an activating group) is 1. The second kappa shape index (κ2) is 7.54. The number of hydrogen-bond donors (Lipinski definition) is 0. The van der Waals surface area contributed by atoms with E-state index in [-0.39, 0.29) is 5.97 Å². The first kappa shape index (κ1) is 14.3. The third-order valence-corrected chi connectivity index (χ3v) is 2.69. The molecule has 0 aliphatic rings. The molecule has 0 unspecified atom stereocenters. The number of esters is 1. The molecule has 0 aliphatic carbocycles. The minimum absolute atomic E-state index is 0.259. The highest BCUT2D eigenvalue weighted by Crippen LogP contribution is 2.12. The summed E-state index contributed by atoms with van der Waals surface area (Å²) in [5.41, 5.74) is 1.63. The molecule has 0 radical (unpaired) electrons. The third kappa shape index (κ3) is 3.91. The van der Waals surface area contributed by atoms with E-state index in [2.05, 4.69) is 0 Å². The molecule has 0 fully saturated rings. The van der Waals surface area contributed by atoms with E-state index in [1.165, 1.54) is 0 Å². The van der Waals surface area contributed by atoms with Gasteiger partial charge in [0.05, 0.1) is 6.61 Å². The van der Waals surface area contributed by atoms with Gasteiger partial charge in [-0.1, -0.05) is 30.3 Å². The summed E-state index contributed by atoms with van der Waals surface area (Å²) in [4.78, 5) is 14.0. The fourth-order valence-corrected chi connectivity index (χ4v) is 1.76. The van der Waals surface area contributed by atoms with Gasteiger partial charge in [-0.05, 0) is 32.4 Å². The van der Waals surface area contributed by atoms with Crippen LogP contribution in [0.4, 0.5) is 0 Å². The molecule has 98 valence electrons. The van der Waals surface area contributed by atoms with Crippen LogP contribution in [0.1, 0.15) is 26.3 Å². The zero-order valence-electron chi connectivity index (χ0n) is 11.3. The maximum atomic E-state index is 12.0. The van der Waals surface area contributed by atoms with E-state index in [0.29, 0.717) is 12.3 Å². The summed E-state index contributed by atoms with van der Waals surface area (Å²) in [7, 11) is 0. The van der Waals surface area contributed by atoms with Crippen molar-refractivity contribution in [2.75, 3.05) is 19.7 Å². The molecule has 3 nitrogen and oxygen atoms in total. The first-order valence-electron chi connectivity index (χ1n) is 6.41. The van der Waals surface area contributed by atoms with Crippen molar-refractivity contribution in [1.82, 2.24) is 4.90 Å². The van der Waals surface area contributed by atoms with Gasteiger partial charge in [0.1, 0.15) is 5.70 Å². The van der Waals surface area contributed by atoms with E-state index in [0.717, 1.165) is 18.7 Å². The molecule has 1 aromatic carbocycles. The average Bonchev–Trinajstić information content (AvgIpc) is 2.40. The van der Waals surface area contributed by atoms with Gasteiger partial charge in [-0.2, -0.15) is 0 Å². The molecular weight excluding hydrogens is 226 g/mol. The van der Waals surface area contributed by atoms with Crippen molar-refractivity contribution in [3.63, 3.8) is 0 Å². The van der Waals surface area contributed by atoms with Gasteiger partial charge in [0.2, 0.25) is 0 Å². The van der Waals surface area contributed by atoms with Crippen LogP contribution in [-0.4, -0.2) is 30.6 Å². The maximum Gasteiger partial charge on any atom is 0.354 e. The highest BCUT2D eigenvalue weighted by molar-refractivity contribution is 5.93. The van der Waals surface area contributed by atoms with Crippen molar-refractivity contribution in [1.29, 1.82) is 0 Å². The highest BCUT2D eigenvalue weighted by atomic mass is 16.5. The smallest absolute Gasteiger partial charge is 0.354 e. The predicted octanol–water partition coefficient (Wildman–Crippen LogP) is 2.93. The lowest BCUT2D eigenvalue weighted by atomic mass is 10.2. The molecule has 0 saturated heterocycles. The summed E-state index contributed by atoms with van der Waals surface area (Å²) in [6.45, 7) is 7.84. The van der Waals surface area contributed by atoms with E-state index < -0.39 is 0 Å². The molecule has 1 rings (SSSR count). The highest BCUT2D eigenvalue weighted by Gasteiger charge is 2.16. The Morgan fingerprint density at radius 2 is 1.78 bits per heavy atom. The van der Waals surface area contributed by atoms with E-state index in [1.54, 1.807) is 0 Å². The van der Waals surface area contributed by atoms with Crippen molar-refractivity contribution in [2.24, 2.45) is 0 Å². The Bertz CT molecular complexity index is 394. The zero-order chi connectivity index (χ0) is 13.4. The van der Waals surface area contributed by atoms with Crippen molar-refractivity contribution in [3.05, 3.63) is 41.6 Å². The largest absolute Gasteiger partial charge is 0.461 e. The van der Waals surface area contributed by atoms with Gasteiger partial charge in [0, 0.05) is 13.1 Å². The number of nitrogens with zero attached hydrogens (tertiary/aromatic N) is 1. The fourth-order valence-electron chi connectivity index (χ4n) is 1.76. The number of ether oxygens (including phenoxy) is 1. The van der Waals surface area contributed by atoms with Crippen LogP contribution in [0.15, 0.2) is 36.0 Å². The molecule has 0 saturated carbocycles. The van der Waals surface area contributed by atoms with Gasteiger partial charge in [-0.15, -0.1) is 0 Å². The van der Waals surface area contributed by atoms with Crippen molar-refractivity contribution < 1.29 is 9.53 Å². The second-order valence-electron chi connectivity index (χ2n) is 3.83. The Kier molecular flexibility index (Phi) is 5.98. The van der Waals surface area contributed by atoms with Gasteiger partial charge in [-0.25, -0.2) is 4.79 Å². The first-order valence-corrected chi connectivity index (χ1v) is 6.41. The number of carbonyl (C=O) groups is 1. The van der Waals surface area contributed by atoms with Crippen LogP contribution in [0.2, 0.25) is 0 Å².